The van der Waals surface area contributed by atoms with Crippen LogP contribution in [0.2, 0.25) is 10.0 Å². The van der Waals surface area contributed by atoms with E-state index in [9.17, 15) is 5.21 Å². The predicted octanol–water partition coefficient (Wildman–Crippen LogP) is 5.24. The zero-order valence-electron chi connectivity index (χ0n) is 12.2. The topological polar surface area (TPSA) is 42.7 Å². The van der Waals surface area contributed by atoms with Crippen LogP contribution in [0.1, 0.15) is 5.69 Å². The van der Waals surface area contributed by atoms with Gasteiger partial charge in [0.15, 0.2) is 6.20 Å². The van der Waals surface area contributed by atoms with Crippen LogP contribution in [0.15, 0.2) is 48.7 Å². The molecule has 5 heteroatoms. The Morgan fingerprint density at radius 1 is 0.913 bits per heavy atom. The minimum absolute atomic E-state index is 0.606. The number of benzene rings is 2. The molecule has 0 aliphatic heterocycles. The van der Waals surface area contributed by atoms with Crippen LogP contribution in [0.5, 0.6) is 0 Å². The summed E-state index contributed by atoms with van der Waals surface area (Å²) < 4.78 is 0.870. The summed E-state index contributed by atoms with van der Waals surface area (Å²) >= 11 is 12.2. The zero-order valence-corrected chi connectivity index (χ0v) is 13.7. The highest BCUT2D eigenvalue weighted by Crippen LogP contribution is 2.32. The molecule has 0 saturated carbocycles. The summed E-state index contributed by atoms with van der Waals surface area (Å²) in [6.07, 6.45) is 1.54. The van der Waals surface area contributed by atoms with E-state index in [1.807, 2.05) is 37.3 Å². The molecule has 1 N–H and O–H groups in total. The Hall–Kier alpha value is -2.23. The summed E-state index contributed by atoms with van der Waals surface area (Å²) in [5, 5.41) is 15.0. The predicted molar refractivity (Wildman–Crippen MR) is 95.0 cm³/mol. The van der Waals surface area contributed by atoms with Gasteiger partial charge in [0.2, 0.25) is 5.69 Å². The van der Waals surface area contributed by atoms with Crippen LogP contribution in [0, 0.1) is 12.1 Å². The monoisotopic (exact) mass is 342 g/mol. The Bertz CT molecular complexity index is 1050. The summed E-state index contributed by atoms with van der Waals surface area (Å²) in [4.78, 5) is 3.32. The van der Waals surface area contributed by atoms with Crippen LogP contribution < -0.4 is 4.73 Å². The van der Waals surface area contributed by atoms with Crippen molar-refractivity contribution < 1.29 is 4.73 Å². The number of aromatic amines is 1. The number of pyridine rings is 1. The molecule has 4 rings (SSSR count). The molecule has 114 valence electrons. The van der Waals surface area contributed by atoms with Crippen molar-refractivity contribution in [2.45, 2.75) is 6.92 Å². The summed E-state index contributed by atoms with van der Waals surface area (Å²) in [7, 11) is 0. The molecular weight excluding hydrogens is 331 g/mol. The third-order valence-corrected chi connectivity index (χ3v) is 4.54. The van der Waals surface area contributed by atoms with E-state index < -0.39 is 0 Å². The van der Waals surface area contributed by atoms with Gasteiger partial charge in [-0.05, 0) is 41.5 Å². The number of hydrogen-bond acceptors (Lipinski definition) is 1. The molecule has 0 spiro atoms. The van der Waals surface area contributed by atoms with E-state index in [0.29, 0.717) is 15.7 Å². The Labute approximate surface area is 142 Å². The second-order valence-corrected chi connectivity index (χ2v) is 6.43. The maximum Gasteiger partial charge on any atom is 0.213 e. The molecule has 0 unspecified atom stereocenters. The first-order chi connectivity index (χ1) is 11.0. The lowest BCUT2D eigenvalue weighted by molar-refractivity contribution is -0.610. The summed E-state index contributed by atoms with van der Waals surface area (Å²) in [5.74, 6) is 0. The molecule has 0 saturated heterocycles. The number of halogens is 2. The first kappa shape index (κ1) is 14.4. The van der Waals surface area contributed by atoms with E-state index in [1.54, 1.807) is 6.07 Å². The number of aryl methyl sites for hydroxylation is 1. The van der Waals surface area contributed by atoms with Crippen molar-refractivity contribution in [1.29, 1.82) is 0 Å². The third kappa shape index (κ3) is 2.33. The molecule has 0 fully saturated rings. The second-order valence-electron chi connectivity index (χ2n) is 5.56. The molecule has 0 radical (unpaired) electrons. The van der Waals surface area contributed by atoms with E-state index in [2.05, 4.69) is 11.1 Å². The molecule has 0 bridgehead atoms. The fourth-order valence-electron chi connectivity index (χ4n) is 2.94. The molecule has 2 aromatic carbocycles. The van der Waals surface area contributed by atoms with Crippen molar-refractivity contribution >= 4 is 45.0 Å². The van der Waals surface area contributed by atoms with E-state index in [0.717, 1.165) is 37.7 Å². The van der Waals surface area contributed by atoms with Gasteiger partial charge in [-0.1, -0.05) is 29.3 Å². The highest BCUT2D eigenvalue weighted by molar-refractivity contribution is 6.35. The molecule has 0 aliphatic carbocycles. The first-order valence-electron chi connectivity index (χ1n) is 7.13. The third-order valence-electron chi connectivity index (χ3n) is 4.10. The van der Waals surface area contributed by atoms with E-state index in [-0.39, 0.29) is 0 Å². The standard InChI is InChI=1S/C18H12Cl2N2O/c1-10-18-15(4-5-22(10)23)16-8-11(2-3-17(16)21-18)12-6-13(19)9-14(20)7-12/h2-9,21H,1H3. The van der Waals surface area contributed by atoms with Gasteiger partial charge in [-0.2, -0.15) is 4.73 Å². The number of rotatable bonds is 1. The first-order valence-corrected chi connectivity index (χ1v) is 7.89. The van der Waals surface area contributed by atoms with Gasteiger partial charge in [0, 0.05) is 39.3 Å². The molecule has 2 heterocycles. The fraction of sp³-hybridized carbons (Fsp3) is 0.0556. The molecule has 4 aromatic rings. The number of hydrogen-bond donors (Lipinski definition) is 1. The zero-order chi connectivity index (χ0) is 16.1. The van der Waals surface area contributed by atoms with Gasteiger partial charge < -0.3 is 10.2 Å². The lowest BCUT2D eigenvalue weighted by Crippen LogP contribution is -2.29. The highest BCUT2D eigenvalue weighted by atomic mass is 35.5. The van der Waals surface area contributed by atoms with Gasteiger partial charge in [-0.3, -0.25) is 0 Å². The van der Waals surface area contributed by atoms with Crippen LogP contribution in [0.4, 0.5) is 0 Å². The number of nitrogens with one attached hydrogen (secondary N) is 1. The van der Waals surface area contributed by atoms with Crippen LogP contribution in [-0.2, 0) is 0 Å². The number of H-pyrrole nitrogens is 1. The van der Waals surface area contributed by atoms with Gasteiger partial charge in [0.25, 0.3) is 0 Å². The van der Waals surface area contributed by atoms with Gasteiger partial charge >= 0.3 is 0 Å². The minimum Gasteiger partial charge on any atom is -0.618 e. The Morgan fingerprint density at radius 3 is 2.39 bits per heavy atom. The largest absolute Gasteiger partial charge is 0.618 e. The molecule has 0 aliphatic rings. The molecule has 2 aromatic heterocycles. The van der Waals surface area contributed by atoms with Crippen LogP contribution in [0.3, 0.4) is 0 Å². The Morgan fingerprint density at radius 2 is 1.65 bits per heavy atom. The van der Waals surface area contributed by atoms with E-state index >= 15 is 0 Å². The number of nitrogens with zero attached hydrogens (tertiary/aromatic N) is 1. The summed E-state index contributed by atoms with van der Waals surface area (Å²) in [6.45, 7) is 1.81. The molecular formula is C18H12Cl2N2O. The number of aromatic nitrogens is 2. The average Bonchev–Trinajstić information content (AvgIpc) is 2.88. The summed E-state index contributed by atoms with van der Waals surface area (Å²) in [6, 6.07) is 13.4. The lowest BCUT2D eigenvalue weighted by Gasteiger charge is -2.04. The van der Waals surface area contributed by atoms with Gasteiger partial charge in [0.05, 0.1) is 0 Å². The van der Waals surface area contributed by atoms with Gasteiger partial charge in [0.1, 0.15) is 5.52 Å². The normalized spacial score (nSPS) is 11.4. The van der Waals surface area contributed by atoms with Crippen molar-refractivity contribution in [3.8, 4) is 11.1 Å². The maximum absolute atomic E-state index is 11.7. The van der Waals surface area contributed by atoms with Crippen LogP contribution in [-0.4, -0.2) is 4.98 Å². The highest BCUT2D eigenvalue weighted by Gasteiger charge is 2.13. The minimum atomic E-state index is 0.606. The molecule has 3 nitrogen and oxygen atoms in total. The molecule has 0 atom stereocenters. The van der Waals surface area contributed by atoms with Crippen molar-refractivity contribution in [2.24, 2.45) is 0 Å². The van der Waals surface area contributed by atoms with Crippen LogP contribution in [0.25, 0.3) is 32.9 Å². The smallest absolute Gasteiger partial charge is 0.213 e. The van der Waals surface area contributed by atoms with Crippen molar-refractivity contribution in [3.05, 3.63) is 69.6 Å². The molecule has 0 amide bonds. The SMILES string of the molecule is Cc1c2[nH]c3ccc(-c4cc(Cl)cc(Cl)c4)cc3c2cc[n+]1[O-]. The van der Waals surface area contributed by atoms with Gasteiger partial charge in [-0.25, -0.2) is 0 Å². The quantitative estimate of drug-likeness (QED) is 0.373. The Kier molecular flexibility index (Phi) is 3.22. The summed E-state index contributed by atoms with van der Waals surface area (Å²) in [5.41, 5.74) is 4.50. The van der Waals surface area contributed by atoms with Crippen molar-refractivity contribution in [3.63, 3.8) is 0 Å². The van der Waals surface area contributed by atoms with Gasteiger partial charge in [-0.15, -0.1) is 0 Å². The van der Waals surface area contributed by atoms with Crippen molar-refractivity contribution in [1.82, 2.24) is 4.98 Å². The van der Waals surface area contributed by atoms with E-state index in [4.69, 9.17) is 23.2 Å². The fourth-order valence-corrected chi connectivity index (χ4v) is 3.46. The lowest BCUT2D eigenvalue weighted by atomic mass is 10.0. The number of fused-ring (bicyclic) bond motifs is 3. The Balaban J connectivity index is 2.00. The van der Waals surface area contributed by atoms with E-state index in [1.165, 1.54) is 6.20 Å². The van der Waals surface area contributed by atoms with Crippen LogP contribution >= 0.6 is 23.2 Å². The maximum atomic E-state index is 11.7. The van der Waals surface area contributed by atoms with Crippen molar-refractivity contribution in [2.75, 3.05) is 0 Å². The average molecular weight is 343 g/mol. The second kappa shape index (κ2) is 5.15. The molecule has 23 heavy (non-hydrogen) atoms.